The number of carbonyl (C=O) groups excluding carboxylic acids is 2. The second-order valence-electron chi connectivity index (χ2n) is 7.80. The molecule has 0 aromatic rings. The Morgan fingerprint density at radius 1 is 1.19 bits per heavy atom. The molecule has 5 nitrogen and oxygen atoms in total. The summed E-state index contributed by atoms with van der Waals surface area (Å²) in [5.41, 5.74) is -0.512. The summed E-state index contributed by atoms with van der Waals surface area (Å²) < 4.78 is 0. The molecule has 1 N–H and O–H groups in total. The van der Waals surface area contributed by atoms with Crippen LogP contribution in [0.5, 0.6) is 0 Å². The lowest BCUT2D eigenvalue weighted by Crippen LogP contribution is -2.67. The van der Waals surface area contributed by atoms with Gasteiger partial charge in [-0.3, -0.25) is 9.59 Å². The molecule has 0 bridgehead atoms. The lowest BCUT2D eigenvalue weighted by Gasteiger charge is -2.45. The van der Waals surface area contributed by atoms with Crippen LogP contribution in [0.25, 0.3) is 0 Å². The highest BCUT2D eigenvalue weighted by molar-refractivity contribution is 5.98. The third-order valence-electron chi connectivity index (χ3n) is 5.63. The Morgan fingerprint density at radius 2 is 1.81 bits per heavy atom. The SMILES string of the molecule is CN1CCC(C)(CN2CC(=O)NC(C)(C3CC3)C2=O)CC1. The van der Waals surface area contributed by atoms with E-state index in [0.29, 0.717) is 5.92 Å². The molecular formula is C16H27N3O2. The van der Waals surface area contributed by atoms with Crippen molar-refractivity contribution in [3.8, 4) is 0 Å². The average Bonchev–Trinajstić information content (AvgIpc) is 3.24. The highest BCUT2D eigenvalue weighted by Gasteiger charge is 2.53. The normalized spacial score (nSPS) is 34.0. The molecule has 0 radical (unpaired) electrons. The van der Waals surface area contributed by atoms with Crippen LogP contribution < -0.4 is 5.32 Å². The van der Waals surface area contributed by atoms with Gasteiger partial charge in [-0.05, 0) is 64.1 Å². The number of rotatable bonds is 3. The molecular weight excluding hydrogens is 266 g/mol. The van der Waals surface area contributed by atoms with E-state index in [1.807, 2.05) is 11.8 Å². The minimum Gasteiger partial charge on any atom is -0.340 e. The zero-order chi connectivity index (χ0) is 15.3. The van der Waals surface area contributed by atoms with Crippen molar-refractivity contribution in [2.45, 2.75) is 45.1 Å². The van der Waals surface area contributed by atoms with Crippen molar-refractivity contribution >= 4 is 11.8 Å². The summed E-state index contributed by atoms with van der Waals surface area (Å²) in [4.78, 5) is 29.1. The van der Waals surface area contributed by atoms with Crippen molar-refractivity contribution in [1.29, 1.82) is 0 Å². The van der Waals surface area contributed by atoms with E-state index in [-0.39, 0.29) is 23.8 Å². The number of nitrogens with one attached hydrogen (secondary N) is 1. The van der Waals surface area contributed by atoms with Crippen LogP contribution in [0.3, 0.4) is 0 Å². The van der Waals surface area contributed by atoms with Crippen LogP contribution in [0, 0.1) is 11.3 Å². The predicted molar refractivity (Wildman–Crippen MR) is 80.7 cm³/mol. The van der Waals surface area contributed by atoms with Gasteiger partial charge >= 0.3 is 0 Å². The maximum atomic E-state index is 12.9. The molecule has 3 rings (SSSR count). The highest BCUT2D eigenvalue weighted by atomic mass is 16.2. The van der Waals surface area contributed by atoms with Crippen LogP contribution in [0.15, 0.2) is 0 Å². The first-order valence-corrected chi connectivity index (χ1v) is 8.11. The lowest BCUT2D eigenvalue weighted by atomic mass is 9.79. The average molecular weight is 293 g/mol. The molecule has 118 valence electrons. The van der Waals surface area contributed by atoms with Gasteiger partial charge in [0.2, 0.25) is 11.8 Å². The van der Waals surface area contributed by atoms with Crippen LogP contribution in [0.2, 0.25) is 0 Å². The third kappa shape index (κ3) is 2.80. The van der Waals surface area contributed by atoms with Gasteiger partial charge in [-0.2, -0.15) is 0 Å². The summed E-state index contributed by atoms with van der Waals surface area (Å²) in [6.45, 7) is 7.26. The van der Waals surface area contributed by atoms with E-state index in [1.54, 1.807) is 0 Å². The molecule has 21 heavy (non-hydrogen) atoms. The number of hydrogen-bond donors (Lipinski definition) is 1. The molecule has 2 saturated heterocycles. The van der Waals surface area contributed by atoms with Gasteiger partial charge in [-0.1, -0.05) is 6.92 Å². The van der Waals surface area contributed by atoms with E-state index in [1.165, 1.54) is 0 Å². The van der Waals surface area contributed by atoms with Crippen LogP contribution in [-0.2, 0) is 9.59 Å². The second kappa shape index (κ2) is 4.97. The van der Waals surface area contributed by atoms with E-state index in [9.17, 15) is 9.59 Å². The molecule has 1 atom stereocenters. The Kier molecular flexibility index (Phi) is 3.51. The number of hydrogen-bond acceptors (Lipinski definition) is 3. The van der Waals surface area contributed by atoms with E-state index in [2.05, 4.69) is 24.2 Å². The zero-order valence-electron chi connectivity index (χ0n) is 13.4. The van der Waals surface area contributed by atoms with Gasteiger partial charge in [0, 0.05) is 6.54 Å². The summed E-state index contributed by atoms with van der Waals surface area (Å²) >= 11 is 0. The number of amides is 2. The first kappa shape index (κ1) is 14.8. The minimum absolute atomic E-state index is 0.000488. The Bertz CT molecular complexity index is 452. The Morgan fingerprint density at radius 3 is 2.38 bits per heavy atom. The van der Waals surface area contributed by atoms with Crippen molar-refractivity contribution in [2.24, 2.45) is 11.3 Å². The van der Waals surface area contributed by atoms with Gasteiger partial charge < -0.3 is 15.1 Å². The van der Waals surface area contributed by atoms with Gasteiger partial charge in [-0.15, -0.1) is 0 Å². The van der Waals surface area contributed by atoms with Crippen molar-refractivity contribution in [3.05, 3.63) is 0 Å². The number of piperidine rings is 1. The maximum Gasteiger partial charge on any atom is 0.248 e. The quantitative estimate of drug-likeness (QED) is 0.839. The first-order valence-electron chi connectivity index (χ1n) is 8.11. The first-order chi connectivity index (χ1) is 9.82. The minimum atomic E-state index is -0.656. The van der Waals surface area contributed by atoms with E-state index >= 15 is 0 Å². The Labute approximate surface area is 127 Å². The highest BCUT2D eigenvalue weighted by Crippen LogP contribution is 2.42. The fourth-order valence-electron chi connectivity index (χ4n) is 3.80. The standard InChI is InChI=1S/C16H27N3O2/c1-15(6-8-18(3)9-7-15)11-19-10-13(20)17-16(2,14(19)21)12-4-5-12/h12H,4-11H2,1-3H3,(H,17,20). The Hall–Kier alpha value is -1.10. The fourth-order valence-corrected chi connectivity index (χ4v) is 3.80. The number of nitrogens with zero attached hydrogens (tertiary/aromatic N) is 2. The molecule has 1 aliphatic carbocycles. The topological polar surface area (TPSA) is 52.6 Å². The predicted octanol–water partition coefficient (Wildman–Crippen LogP) is 0.845. The fraction of sp³-hybridized carbons (Fsp3) is 0.875. The summed E-state index contributed by atoms with van der Waals surface area (Å²) in [6.07, 6.45) is 4.29. The summed E-state index contributed by atoms with van der Waals surface area (Å²) in [5, 5.41) is 2.95. The molecule has 0 aromatic carbocycles. The summed E-state index contributed by atoms with van der Waals surface area (Å²) in [6, 6.07) is 0. The number of piperazine rings is 1. The number of carbonyl (C=O) groups is 2. The molecule has 2 amide bonds. The second-order valence-corrected chi connectivity index (χ2v) is 7.80. The molecule has 1 saturated carbocycles. The van der Waals surface area contributed by atoms with E-state index in [4.69, 9.17) is 0 Å². The van der Waals surface area contributed by atoms with Gasteiger partial charge in [0.1, 0.15) is 5.54 Å². The van der Waals surface area contributed by atoms with Crippen LogP contribution in [0.1, 0.15) is 39.5 Å². The maximum absolute atomic E-state index is 12.9. The van der Waals surface area contributed by atoms with Gasteiger partial charge in [-0.25, -0.2) is 0 Å². The van der Waals surface area contributed by atoms with Gasteiger partial charge in [0.25, 0.3) is 0 Å². The smallest absolute Gasteiger partial charge is 0.248 e. The van der Waals surface area contributed by atoms with Crippen molar-refractivity contribution < 1.29 is 9.59 Å². The van der Waals surface area contributed by atoms with Crippen molar-refractivity contribution in [1.82, 2.24) is 15.1 Å². The van der Waals surface area contributed by atoms with Crippen LogP contribution >= 0.6 is 0 Å². The molecule has 0 spiro atoms. The molecule has 2 heterocycles. The van der Waals surface area contributed by atoms with Crippen molar-refractivity contribution in [2.75, 3.05) is 33.2 Å². The largest absolute Gasteiger partial charge is 0.340 e. The lowest BCUT2D eigenvalue weighted by molar-refractivity contribution is -0.152. The molecule has 0 aromatic heterocycles. The Balaban J connectivity index is 1.72. The number of likely N-dealkylation sites (tertiary alicyclic amines) is 1. The monoisotopic (exact) mass is 293 g/mol. The summed E-state index contributed by atoms with van der Waals surface area (Å²) in [5.74, 6) is 0.465. The van der Waals surface area contributed by atoms with E-state index < -0.39 is 5.54 Å². The van der Waals surface area contributed by atoms with Gasteiger partial charge in [0.05, 0.1) is 6.54 Å². The molecule has 1 unspecified atom stereocenters. The van der Waals surface area contributed by atoms with Gasteiger partial charge in [0.15, 0.2) is 0 Å². The molecule has 5 heteroatoms. The van der Waals surface area contributed by atoms with Crippen LogP contribution in [0.4, 0.5) is 0 Å². The van der Waals surface area contributed by atoms with Crippen LogP contribution in [-0.4, -0.2) is 60.4 Å². The van der Waals surface area contributed by atoms with Crippen molar-refractivity contribution in [3.63, 3.8) is 0 Å². The zero-order valence-corrected chi connectivity index (χ0v) is 13.4. The molecule has 2 aliphatic heterocycles. The summed E-state index contributed by atoms with van der Waals surface area (Å²) in [7, 11) is 2.14. The molecule has 3 aliphatic rings. The third-order valence-corrected chi connectivity index (χ3v) is 5.63. The van der Waals surface area contributed by atoms with E-state index in [0.717, 1.165) is 45.3 Å². The molecule has 3 fully saturated rings.